The van der Waals surface area contributed by atoms with Gasteiger partial charge in [0, 0.05) is 17.0 Å². The molecule has 3 aromatic rings. The lowest BCUT2D eigenvalue weighted by molar-refractivity contribution is -0.137. The molecule has 1 heterocycles. The molecule has 1 saturated carbocycles. The monoisotopic (exact) mass is 418 g/mol. The van der Waals surface area contributed by atoms with Gasteiger partial charge in [0.2, 0.25) is 0 Å². The summed E-state index contributed by atoms with van der Waals surface area (Å²) in [6.45, 7) is 0.0142. The molecule has 0 unspecified atom stereocenters. The van der Waals surface area contributed by atoms with Crippen molar-refractivity contribution in [1.82, 2.24) is 10.3 Å². The van der Waals surface area contributed by atoms with Crippen molar-refractivity contribution in [2.45, 2.75) is 31.7 Å². The molecule has 29 heavy (non-hydrogen) atoms. The van der Waals surface area contributed by atoms with Crippen LogP contribution in [-0.2, 0) is 12.8 Å². The Kier molecular flexibility index (Phi) is 5.27. The SMILES string of the molecule is O=C(NC1CC1)c1csc(-c2cccc(OCc3cccc(C(F)(F)F)c3)c2)n1. The highest BCUT2D eigenvalue weighted by molar-refractivity contribution is 7.13. The van der Waals surface area contributed by atoms with Crippen LogP contribution in [0.25, 0.3) is 10.6 Å². The predicted molar refractivity (Wildman–Crippen MR) is 104 cm³/mol. The van der Waals surface area contributed by atoms with Gasteiger partial charge in [-0.25, -0.2) is 4.98 Å². The Balaban J connectivity index is 1.44. The number of carbonyl (C=O) groups excluding carboxylic acids is 1. The van der Waals surface area contributed by atoms with Crippen LogP contribution in [0.4, 0.5) is 13.2 Å². The molecule has 1 N–H and O–H groups in total. The normalized spacial score (nSPS) is 13.9. The summed E-state index contributed by atoms with van der Waals surface area (Å²) in [5, 5.41) is 5.29. The third-order valence-corrected chi connectivity index (χ3v) is 5.28. The predicted octanol–water partition coefficient (Wildman–Crippen LogP) is 5.30. The van der Waals surface area contributed by atoms with Gasteiger partial charge in [-0.15, -0.1) is 11.3 Å². The van der Waals surface area contributed by atoms with Gasteiger partial charge < -0.3 is 10.1 Å². The minimum atomic E-state index is -4.38. The Morgan fingerprint density at radius 1 is 1.17 bits per heavy atom. The molecular weight excluding hydrogens is 401 g/mol. The molecule has 0 aliphatic heterocycles. The van der Waals surface area contributed by atoms with E-state index in [4.69, 9.17) is 4.74 Å². The third kappa shape index (κ3) is 4.95. The van der Waals surface area contributed by atoms with Gasteiger partial charge in [-0.1, -0.05) is 24.3 Å². The first-order chi connectivity index (χ1) is 13.9. The molecule has 150 valence electrons. The Labute approximate surface area is 169 Å². The van der Waals surface area contributed by atoms with E-state index in [1.165, 1.54) is 17.4 Å². The summed E-state index contributed by atoms with van der Waals surface area (Å²) in [6.07, 6.45) is -2.37. The van der Waals surface area contributed by atoms with Gasteiger partial charge in [-0.05, 0) is 42.7 Å². The molecule has 8 heteroatoms. The molecule has 1 aliphatic rings. The first kappa shape index (κ1) is 19.4. The second-order valence-electron chi connectivity index (χ2n) is 6.80. The number of nitrogens with one attached hydrogen (secondary N) is 1. The molecule has 0 radical (unpaired) electrons. The molecule has 0 atom stereocenters. The second-order valence-corrected chi connectivity index (χ2v) is 7.66. The summed E-state index contributed by atoms with van der Waals surface area (Å²) in [6, 6.07) is 12.4. The van der Waals surface area contributed by atoms with Crippen LogP contribution >= 0.6 is 11.3 Å². The Bertz CT molecular complexity index is 1030. The number of alkyl halides is 3. The zero-order valence-corrected chi connectivity index (χ0v) is 16.0. The maximum atomic E-state index is 12.8. The fourth-order valence-electron chi connectivity index (χ4n) is 2.72. The highest BCUT2D eigenvalue weighted by atomic mass is 32.1. The maximum absolute atomic E-state index is 12.8. The van der Waals surface area contributed by atoms with Crippen molar-refractivity contribution >= 4 is 17.2 Å². The van der Waals surface area contributed by atoms with Crippen molar-refractivity contribution in [3.63, 3.8) is 0 Å². The van der Waals surface area contributed by atoms with Gasteiger partial charge in [0.05, 0.1) is 5.56 Å². The third-order valence-electron chi connectivity index (χ3n) is 4.39. The highest BCUT2D eigenvalue weighted by Crippen LogP contribution is 2.30. The van der Waals surface area contributed by atoms with Crippen LogP contribution in [0.2, 0.25) is 0 Å². The number of halogens is 3. The van der Waals surface area contributed by atoms with Crippen molar-refractivity contribution in [3.05, 3.63) is 70.7 Å². The second kappa shape index (κ2) is 7.87. The van der Waals surface area contributed by atoms with Gasteiger partial charge in [0.25, 0.3) is 5.91 Å². The van der Waals surface area contributed by atoms with Crippen molar-refractivity contribution in [1.29, 1.82) is 0 Å². The number of aromatic nitrogens is 1. The minimum absolute atomic E-state index is 0.0142. The number of rotatable bonds is 6. The van der Waals surface area contributed by atoms with E-state index in [-0.39, 0.29) is 18.6 Å². The van der Waals surface area contributed by atoms with Gasteiger partial charge in [0.15, 0.2) is 0 Å². The molecular formula is C21H17F3N2O2S. The molecule has 1 fully saturated rings. The van der Waals surface area contributed by atoms with E-state index in [2.05, 4.69) is 10.3 Å². The van der Waals surface area contributed by atoms with E-state index in [9.17, 15) is 18.0 Å². The minimum Gasteiger partial charge on any atom is -0.489 e. The van der Waals surface area contributed by atoms with Crippen LogP contribution in [0.15, 0.2) is 53.9 Å². The number of hydrogen-bond acceptors (Lipinski definition) is 4. The lowest BCUT2D eigenvalue weighted by Crippen LogP contribution is -2.25. The molecule has 2 aromatic carbocycles. The molecule has 0 spiro atoms. The Hall–Kier alpha value is -2.87. The highest BCUT2D eigenvalue weighted by Gasteiger charge is 2.30. The van der Waals surface area contributed by atoms with E-state index in [0.29, 0.717) is 22.0 Å². The standard InChI is InChI=1S/C21H17F3N2O2S/c22-21(23,24)15-5-1-3-13(9-15)11-28-17-6-2-4-14(10-17)20-26-18(12-29-20)19(27)25-16-7-8-16/h1-6,9-10,12,16H,7-8,11H2,(H,25,27). The van der Waals surface area contributed by atoms with Gasteiger partial charge >= 0.3 is 6.18 Å². The first-order valence-corrected chi connectivity index (χ1v) is 9.92. The smallest absolute Gasteiger partial charge is 0.416 e. The fourth-order valence-corrected chi connectivity index (χ4v) is 3.52. The van der Waals surface area contributed by atoms with Crippen molar-refractivity contribution in [3.8, 4) is 16.3 Å². The van der Waals surface area contributed by atoms with Crippen molar-refractivity contribution in [2.24, 2.45) is 0 Å². The molecule has 1 amide bonds. The first-order valence-electron chi connectivity index (χ1n) is 9.04. The van der Waals surface area contributed by atoms with Crippen LogP contribution in [0, 0.1) is 0 Å². The van der Waals surface area contributed by atoms with Crippen molar-refractivity contribution in [2.75, 3.05) is 0 Å². The lowest BCUT2D eigenvalue weighted by atomic mass is 10.1. The number of carbonyl (C=O) groups is 1. The van der Waals surface area contributed by atoms with E-state index < -0.39 is 11.7 Å². The lowest BCUT2D eigenvalue weighted by Gasteiger charge is -2.10. The van der Waals surface area contributed by atoms with Crippen LogP contribution in [0.3, 0.4) is 0 Å². The van der Waals surface area contributed by atoms with Crippen LogP contribution in [0.5, 0.6) is 5.75 Å². The van der Waals surface area contributed by atoms with Gasteiger partial charge in [0.1, 0.15) is 23.1 Å². The van der Waals surface area contributed by atoms with Gasteiger partial charge in [-0.3, -0.25) is 4.79 Å². The molecule has 0 saturated heterocycles. The Morgan fingerprint density at radius 3 is 2.72 bits per heavy atom. The Morgan fingerprint density at radius 2 is 1.97 bits per heavy atom. The summed E-state index contributed by atoms with van der Waals surface area (Å²) in [4.78, 5) is 16.5. The number of amides is 1. The van der Waals surface area contributed by atoms with E-state index >= 15 is 0 Å². The zero-order chi connectivity index (χ0) is 20.4. The molecule has 1 aliphatic carbocycles. The average Bonchev–Trinajstić information content (AvgIpc) is 3.37. The number of ether oxygens (including phenoxy) is 1. The molecule has 0 bridgehead atoms. The van der Waals surface area contributed by atoms with Crippen molar-refractivity contribution < 1.29 is 22.7 Å². The number of thiazole rings is 1. The number of hydrogen-bond donors (Lipinski definition) is 1. The quantitative estimate of drug-likeness (QED) is 0.591. The van der Waals surface area contributed by atoms with Gasteiger partial charge in [-0.2, -0.15) is 13.2 Å². The van der Waals surface area contributed by atoms with E-state index in [1.807, 2.05) is 6.07 Å². The van der Waals surface area contributed by atoms with Crippen LogP contribution in [0.1, 0.15) is 34.5 Å². The number of benzene rings is 2. The molecule has 1 aromatic heterocycles. The molecule has 4 rings (SSSR count). The fraction of sp³-hybridized carbons (Fsp3) is 0.238. The summed E-state index contributed by atoms with van der Waals surface area (Å²) >= 11 is 1.35. The summed E-state index contributed by atoms with van der Waals surface area (Å²) in [5.41, 5.74) is 0.889. The van der Waals surface area contributed by atoms with E-state index in [1.54, 1.807) is 29.6 Å². The zero-order valence-electron chi connectivity index (χ0n) is 15.2. The largest absolute Gasteiger partial charge is 0.489 e. The summed E-state index contributed by atoms with van der Waals surface area (Å²) in [7, 11) is 0. The molecule has 4 nitrogen and oxygen atoms in total. The average molecular weight is 418 g/mol. The summed E-state index contributed by atoms with van der Waals surface area (Å²) < 4.78 is 44.2. The van der Waals surface area contributed by atoms with Crippen LogP contribution < -0.4 is 10.1 Å². The maximum Gasteiger partial charge on any atom is 0.416 e. The number of nitrogens with zero attached hydrogens (tertiary/aromatic N) is 1. The summed E-state index contributed by atoms with van der Waals surface area (Å²) in [5.74, 6) is 0.339. The van der Waals surface area contributed by atoms with Crippen LogP contribution in [-0.4, -0.2) is 16.9 Å². The topological polar surface area (TPSA) is 51.2 Å². The van der Waals surface area contributed by atoms with E-state index in [0.717, 1.165) is 30.5 Å².